The molecule has 1 saturated heterocycles. The molecule has 26 heavy (non-hydrogen) atoms. The van der Waals surface area contributed by atoms with Gasteiger partial charge < -0.3 is 10.2 Å². The number of hydrogen-bond acceptors (Lipinski definition) is 3. The van der Waals surface area contributed by atoms with E-state index in [-0.39, 0.29) is 11.9 Å². The van der Waals surface area contributed by atoms with Gasteiger partial charge in [0.25, 0.3) is 0 Å². The van der Waals surface area contributed by atoms with Gasteiger partial charge in [0.2, 0.25) is 5.91 Å². The summed E-state index contributed by atoms with van der Waals surface area (Å²) in [4.78, 5) is 18.7. The molecule has 0 unspecified atom stereocenters. The first-order chi connectivity index (χ1) is 12.6. The van der Waals surface area contributed by atoms with Crippen molar-refractivity contribution in [2.24, 2.45) is 5.92 Å². The van der Waals surface area contributed by atoms with E-state index in [4.69, 9.17) is 0 Å². The zero-order chi connectivity index (χ0) is 18.4. The predicted octanol–water partition coefficient (Wildman–Crippen LogP) is 3.77. The Balaban J connectivity index is 1.58. The summed E-state index contributed by atoms with van der Waals surface area (Å²) in [7, 11) is 0. The van der Waals surface area contributed by atoms with Crippen LogP contribution in [0.5, 0.6) is 0 Å². The number of likely N-dealkylation sites (tertiary alicyclic amines) is 1. The number of hydrogen-bond donors (Lipinski definition) is 1. The van der Waals surface area contributed by atoms with Crippen molar-refractivity contribution in [3.05, 3.63) is 66.0 Å². The molecule has 1 aliphatic rings. The molecule has 0 saturated carbocycles. The molecule has 138 valence electrons. The van der Waals surface area contributed by atoms with Crippen molar-refractivity contribution in [3.63, 3.8) is 0 Å². The molecular weight excluding hydrogens is 322 g/mol. The minimum absolute atomic E-state index is 0.0146. The molecule has 1 aromatic heterocycles. The van der Waals surface area contributed by atoms with Gasteiger partial charge in [0, 0.05) is 19.7 Å². The number of pyridine rings is 1. The van der Waals surface area contributed by atoms with Crippen LogP contribution in [0, 0.1) is 5.92 Å². The van der Waals surface area contributed by atoms with Crippen LogP contribution in [0.25, 0.3) is 0 Å². The SMILES string of the molecule is CC(=O)N[C@H](c1ccccn1)C1CCN(C[C@H](C)c2ccccc2)CC1. The van der Waals surface area contributed by atoms with Crippen LogP contribution in [-0.2, 0) is 4.79 Å². The first-order valence-electron chi connectivity index (χ1n) is 9.59. The molecule has 0 aliphatic carbocycles. The summed E-state index contributed by atoms with van der Waals surface area (Å²) in [6, 6.07) is 16.7. The van der Waals surface area contributed by atoms with E-state index in [9.17, 15) is 4.79 Å². The molecule has 2 heterocycles. The summed E-state index contributed by atoms with van der Waals surface area (Å²) in [5.74, 6) is 0.993. The van der Waals surface area contributed by atoms with Gasteiger partial charge in [-0.1, -0.05) is 43.3 Å². The van der Waals surface area contributed by atoms with Crippen LogP contribution in [0.15, 0.2) is 54.7 Å². The summed E-state index contributed by atoms with van der Waals surface area (Å²) >= 11 is 0. The van der Waals surface area contributed by atoms with E-state index in [1.807, 2.05) is 18.2 Å². The van der Waals surface area contributed by atoms with Crippen molar-refractivity contribution in [3.8, 4) is 0 Å². The number of carbonyl (C=O) groups is 1. The van der Waals surface area contributed by atoms with Crippen LogP contribution in [-0.4, -0.2) is 35.4 Å². The average molecular weight is 351 g/mol. The quantitative estimate of drug-likeness (QED) is 0.861. The zero-order valence-electron chi connectivity index (χ0n) is 15.8. The molecule has 0 spiro atoms. The van der Waals surface area contributed by atoms with Gasteiger partial charge in [0.15, 0.2) is 0 Å². The molecule has 3 rings (SSSR count). The molecule has 2 atom stereocenters. The maximum absolute atomic E-state index is 11.7. The minimum atomic E-state index is 0.0146. The van der Waals surface area contributed by atoms with Crippen LogP contribution >= 0.6 is 0 Å². The number of benzene rings is 1. The summed E-state index contributed by atoms with van der Waals surface area (Å²) in [5.41, 5.74) is 2.37. The minimum Gasteiger partial charge on any atom is -0.348 e. The maximum Gasteiger partial charge on any atom is 0.217 e. The highest BCUT2D eigenvalue weighted by Gasteiger charge is 2.29. The topological polar surface area (TPSA) is 45.2 Å². The number of carbonyl (C=O) groups excluding carboxylic acids is 1. The molecule has 0 radical (unpaired) electrons. The molecule has 0 bridgehead atoms. The highest BCUT2D eigenvalue weighted by molar-refractivity contribution is 5.73. The second kappa shape index (κ2) is 8.95. The Morgan fingerprint density at radius 1 is 1.15 bits per heavy atom. The zero-order valence-corrected chi connectivity index (χ0v) is 15.8. The van der Waals surface area contributed by atoms with Crippen molar-refractivity contribution in [2.45, 2.75) is 38.6 Å². The first-order valence-corrected chi connectivity index (χ1v) is 9.59. The van der Waals surface area contributed by atoms with Crippen molar-refractivity contribution < 1.29 is 4.79 Å². The summed E-state index contributed by atoms with van der Waals surface area (Å²) in [5, 5.41) is 3.13. The van der Waals surface area contributed by atoms with E-state index >= 15 is 0 Å². The second-order valence-electron chi connectivity index (χ2n) is 7.38. The van der Waals surface area contributed by atoms with Gasteiger partial charge in [-0.15, -0.1) is 0 Å². The van der Waals surface area contributed by atoms with E-state index in [0.29, 0.717) is 11.8 Å². The summed E-state index contributed by atoms with van der Waals surface area (Å²) in [6.07, 6.45) is 3.98. The normalized spacial score (nSPS) is 18.2. The van der Waals surface area contributed by atoms with E-state index in [2.05, 4.69) is 52.5 Å². The Kier molecular flexibility index (Phi) is 6.40. The lowest BCUT2D eigenvalue weighted by atomic mass is 9.86. The summed E-state index contributed by atoms with van der Waals surface area (Å²) < 4.78 is 0. The Bertz CT molecular complexity index is 681. The van der Waals surface area contributed by atoms with Crippen LogP contribution < -0.4 is 5.32 Å². The molecule has 1 aliphatic heterocycles. The lowest BCUT2D eigenvalue weighted by Crippen LogP contribution is -2.41. The highest BCUT2D eigenvalue weighted by Crippen LogP contribution is 2.30. The maximum atomic E-state index is 11.7. The molecule has 1 amide bonds. The molecule has 1 N–H and O–H groups in total. The Morgan fingerprint density at radius 3 is 2.46 bits per heavy atom. The first kappa shape index (κ1) is 18.6. The fraction of sp³-hybridized carbons (Fsp3) is 0.455. The molecule has 1 fully saturated rings. The largest absolute Gasteiger partial charge is 0.348 e. The van der Waals surface area contributed by atoms with E-state index in [1.54, 1.807) is 13.1 Å². The second-order valence-corrected chi connectivity index (χ2v) is 7.38. The van der Waals surface area contributed by atoms with Crippen LogP contribution in [0.3, 0.4) is 0 Å². The number of piperidine rings is 1. The summed E-state index contributed by atoms with van der Waals surface area (Å²) in [6.45, 7) is 7.13. The molecule has 1 aromatic carbocycles. The third-order valence-electron chi connectivity index (χ3n) is 5.37. The molecule has 2 aromatic rings. The Labute approximate surface area is 156 Å². The standard InChI is InChI=1S/C22H29N3O/c1-17(19-8-4-3-5-9-19)16-25-14-11-20(12-15-25)22(24-18(2)26)21-10-6-7-13-23-21/h3-10,13,17,20,22H,11-12,14-16H2,1-2H3,(H,24,26)/t17-,22-/m0/s1. The molecule has 4 heteroatoms. The number of amides is 1. The smallest absolute Gasteiger partial charge is 0.217 e. The van der Waals surface area contributed by atoms with E-state index < -0.39 is 0 Å². The number of rotatable bonds is 6. The van der Waals surface area contributed by atoms with Crippen LogP contribution in [0.1, 0.15) is 49.9 Å². The molecular formula is C22H29N3O. The van der Waals surface area contributed by atoms with Gasteiger partial charge in [-0.05, 0) is 55.5 Å². The Hall–Kier alpha value is -2.20. The average Bonchev–Trinajstić information content (AvgIpc) is 2.68. The predicted molar refractivity (Wildman–Crippen MR) is 105 cm³/mol. The monoisotopic (exact) mass is 351 g/mol. The van der Waals surface area contributed by atoms with Gasteiger partial charge in [-0.2, -0.15) is 0 Å². The third kappa shape index (κ3) is 4.92. The van der Waals surface area contributed by atoms with Gasteiger partial charge >= 0.3 is 0 Å². The van der Waals surface area contributed by atoms with E-state index in [0.717, 1.165) is 38.2 Å². The van der Waals surface area contributed by atoms with Gasteiger partial charge in [-0.25, -0.2) is 0 Å². The number of nitrogens with one attached hydrogen (secondary N) is 1. The lowest BCUT2D eigenvalue weighted by Gasteiger charge is -2.37. The van der Waals surface area contributed by atoms with Crippen molar-refractivity contribution in [2.75, 3.05) is 19.6 Å². The van der Waals surface area contributed by atoms with Gasteiger partial charge in [0.1, 0.15) is 0 Å². The number of nitrogens with zero attached hydrogens (tertiary/aromatic N) is 2. The third-order valence-corrected chi connectivity index (χ3v) is 5.37. The molecule has 4 nitrogen and oxygen atoms in total. The van der Waals surface area contributed by atoms with Gasteiger partial charge in [0.05, 0.1) is 11.7 Å². The van der Waals surface area contributed by atoms with Crippen LogP contribution in [0.4, 0.5) is 0 Å². The number of aromatic nitrogens is 1. The van der Waals surface area contributed by atoms with E-state index in [1.165, 1.54) is 5.56 Å². The fourth-order valence-electron chi connectivity index (χ4n) is 3.96. The highest BCUT2D eigenvalue weighted by atomic mass is 16.1. The Morgan fingerprint density at radius 2 is 1.85 bits per heavy atom. The van der Waals surface area contributed by atoms with Gasteiger partial charge in [-0.3, -0.25) is 9.78 Å². The van der Waals surface area contributed by atoms with Crippen molar-refractivity contribution >= 4 is 5.91 Å². The van der Waals surface area contributed by atoms with Crippen molar-refractivity contribution in [1.82, 2.24) is 15.2 Å². The van der Waals surface area contributed by atoms with Crippen LogP contribution in [0.2, 0.25) is 0 Å². The fourth-order valence-corrected chi connectivity index (χ4v) is 3.96. The lowest BCUT2D eigenvalue weighted by molar-refractivity contribution is -0.120. The van der Waals surface area contributed by atoms with Crippen molar-refractivity contribution in [1.29, 1.82) is 0 Å².